The third-order valence-electron chi connectivity index (χ3n) is 7.35. The van der Waals surface area contributed by atoms with Crippen molar-refractivity contribution in [2.45, 2.75) is 0 Å². The first-order chi connectivity index (χ1) is 19.3. The molecule has 0 aliphatic heterocycles. The smallest absolute Gasteiger partial charge is 0.146 e. The number of pyridine rings is 4. The van der Waals surface area contributed by atoms with Crippen LogP contribution in [-0.4, -0.2) is 24.5 Å². The summed E-state index contributed by atoms with van der Waals surface area (Å²) in [5.41, 5.74) is 8.13. The van der Waals surface area contributed by atoms with Crippen molar-refractivity contribution < 1.29 is 0 Å². The molecule has 5 heterocycles. The average molecular weight is 500 g/mol. The fraction of sp³-hybridized carbons (Fsp3) is 0. The lowest BCUT2D eigenvalue weighted by atomic mass is 10.0. The summed E-state index contributed by atoms with van der Waals surface area (Å²) in [7, 11) is 0. The molecule has 5 aromatic heterocycles. The van der Waals surface area contributed by atoms with Crippen LogP contribution in [0.1, 0.15) is 0 Å². The minimum atomic E-state index is 0.826. The summed E-state index contributed by atoms with van der Waals surface area (Å²) in [6.07, 6.45) is 5.49. The summed E-state index contributed by atoms with van der Waals surface area (Å²) in [6, 6.07) is 37.7. The number of aromatic nitrogens is 5. The van der Waals surface area contributed by atoms with Gasteiger partial charge in [-0.05, 0) is 65.7 Å². The van der Waals surface area contributed by atoms with E-state index in [0.29, 0.717) is 0 Å². The van der Waals surface area contributed by atoms with Crippen molar-refractivity contribution >= 4 is 43.7 Å². The maximum Gasteiger partial charge on any atom is 0.146 e. The molecule has 0 aliphatic rings. The van der Waals surface area contributed by atoms with E-state index in [1.54, 1.807) is 0 Å². The summed E-state index contributed by atoms with van der Waals surface area (Å²) in [5, 5.41) is 4.38. The van der Waals surface area contributed by atoms with Crippen LogP contribution in [0, 0.1) is 0 Å². The zero-order valence-corrected chi connectivity index (χ0v) is 20.9. The molecule has 0 unspecified atom stereocenters. The average Bonchev–Trinajstić information content (AvgIpc) is 3.35. The largest absolute Gasteiger partial charge is 0.278 e. The second-order valence-electron chi connectivity index (χ2n) is 9.62. The molecule has 3 aromatic carbocycles. The lowest BCUT2D eigenvalue weighted by molar-refractivity contribution is 1.07. The van der Waals surface area contributed by atoms with E-state index in [2.05, 4.69) is 93.4 Å². The van der Waals surface area contributed by atoms with E-state index in [4.69, 9.17) is 9.97 Å². The Labute approximate surface area is 224 Å². The van der Waals surface area contributed by atoms with Crippen LogP contribution in [0.3, 0.4) is 0 Å². The fourth-order valence-electron chi connectivity index (χ4n) is 5.46. The molecule has 0 aliphatic carbocycles. The van der Waals surface area contributed by atoms with Crippen LogP contribution in [0.25, 0.3) is 71.9 Å². The minimum Gasteiger partial charge on any atom is -0.278 e. The van der Waals surface area contributed by atoms with E-state index in [1.165, 1.54) is 0 Å². The van der Waals surface area contributed by atoms with Gasteiger partial charge in [0.05, 0.1) is 22.2 Å². The van der Waals surface area contributed by atoms with Gasteiger partial charge in [-0.15, -0.1) is 0 Å². The van der Waals surface area contributed by atoms with Crippen molar-refractivity contribution in [3.05, 3.63) is 128 Å². The molecule has 5 nitrogen and oxygen atoms in total. The Morgan fingerprint density at radius 3 is 2.10 bits per heavy atom. The fourth-order valence-corrected chi connectivity index (χ4v) is 5.46. The van der Waals surface area contributed by atoms with E-state index < -0.39 is 0 Å². The Balaban J connectivity index is 1.30. The van der Waals surface area contributed by atoms with Gasteiger partial charge in [0.2, 0.25) is 0 Å². The Morgan fingerprint density at radius 1 is 0.487 bits per heavy atom. The summed E-state index contributed by atoms with van der Waals surface area (Å²) in [5.74, 6) is 0.826. The molecular formula is C34H21N5. The predicted molar refractivity (Wildman–Crippen MR) is 158 cm³/mol. The molecule has 0 fully saturated rings. The van der Waals surface area contributed by atoms with Gasteiger partial charge in [-0.1, -0.05) is 54.6 Å². The van der Waals surface area contributed by atoms with Crippen LogP contribution in [0.5, 0.6) is 0 Å². The van der Waals surface area contributed by atoms with Crippen molar-refractivity contribution in [3.8, 4) is 28.2 Å². The molecule has 182 valence electrons. The third kappa shape index (κ3) is 3.48. The topological polar surface area (TPSA) is 56.5 Å². The van der Waals surface area contributed by atoms with Gasteiger partial charge in [-0.2, -0.15) is 0 Å². The van der Waals surface area contributed by atoms with Crippen molar-refractivity contribution in [3.63, 3.8) is 0 Å². The van der Waals surface area contributed by atoms with Crippen LogP contribution in [0.4, 0.5) is 0 Å². The van der Waals surface area contributed by atoms with Gasteiger partial charge in [0, 0.05) is 45.7 Å². The monoisotopic (exact) mass is 499 g/mol. The molecule has 0 radical (unpaired) electrons. The van der Waals surface area contributed by atoms with Crippen molar-refractivity contribution in [2.75, 3.05) is 0 Å². The highest BCUT2D eigenvalue weighted by atomic mass is 15.1. The van der Waals surface area contributed by atoms with Crippen LogP contribution < -0.4 is 0 Å². The molecule has 0 bridgehead atoms. The van der Waals surface area contributed by atoms with Crippen LogP contribution in [-0.2, 0) is 0 Å². The number of benzene rings is 3. The Morgan fingerprint density at radius 2 is 1.23 bits per heavy atom. The highest BCUT2D eigenvalue weighted by Crippen LogP contribution is 2.35. The summed E-state index contributed by atoms with van der Waals surface area (Å²) in [4.78, 5) is 19.0. The number of nitrogens with zero attached hydrogens (tertiary/aromatic N) is 5. The van der Waals surface area contributed by atoms with Gasteiger partial charge in [0.15, 0.2) is 0 Å². The van der Waals surface area contributed by atoms with E-state index in [1.807, 2.05) is 48.9 Å². The van der Waals surface area contributed by atoms with Crippen molar-refractivity contribution in [1.29, 1.82) is 0 Å². The molecule has 0 saturated carbocycles. The molecule has 0 atom stereocenters. The molecule has 0 saturated heterocycles. The summed E-state index contributed by atoms with van der Waals surface area (Å²) in [6.45, 7) is 0. The van der Waals surface area contributed by atoms with Crippen LogP contribution in [0.15, 0.2) is 128 Å². The van der Waals surface area contributed by atoms with Gasteiger partial charge < -0.3 is 0 Å². The SMILES string of the molecule is c1ccc(-c2ccc(-c3ccc4c(c3)c3cccnc3n4-c3ccc4ccc5cccnc5c4n3)cc2)nc1. The first-order valence-electron chi connectivity index (χ1n) is 12.9. The minimum absolute atomic E-state index is 0.826. The first kappa shape index (κ1) is 21.6. The zero-order valence-electron chi connectivity index (χ0n) is 20.9. The lowest BCUT2D eigenvalue weighted by Crippen LogP contribution is -1.99. The number of hydrogen-bond acceptors (Lipinski definition) is 4. The van der Waals surface area contributed by atoms with Gasteiger partial charge in [0.1, 0.15) is 11.5 Å². The standard InChI is InChI=1S/C34H21N5/c1-2-18-35-29(7-1)23-10-8-22(9-11-23)26-14-16-30-28(21-26)27-6-4-20-37-34(27)39(30)31-17-15-25-13-12-24-5-3-19-36-32(24)33(25)38-31/h1-21H. The molecule has 0 amide bonds. The Kier molecular flexibility index (Phi) is 4.76. The molecule has 8 rings (SSSR count). The zero-order chi connectivity index (χ0) is 25.8. The maximum absolute atomic E-state index is 5.12. The summed E-state index contributed by atoms with van der Waals surface area (Å²) < 4.78 is 2.15. The second kappa shape index (κ2) is 8.57. The molecule has 39 heavy (non-hydrogen) atoms. The highest BCUT2D eigenvalue weighted by Gasteiger charge is 2.16. The van der Waals surface area contributed by atoms with E-state index >= 15 is 0 Å². The second-order valence-corrected chi connectivity index (χ2v) is 9.62. The van der Waals surface area contributed by atoms with Gasteiger partial charge >= 0.3 is 0 Å². The Hall–Kier alpha value is -5.42. The first-order valence-corrected chi connectivity index (χ1v) is 12.9. The van der Waals surface area contributed by atoms with Crippen molar-refractivity contribution in [2.24, 2.45) is 0 Å². The van der Waals surface area contributed by atoms with E-state index in [9.17, 15) is 0 Å². The number of fused-ring (bicyclic) bond motifs is 6. The molecular weight excluding hydrogens is 478 g/mol. The maximum atomic E-state index is 5.12. The van der Waals surface area contributed by atoms with Gasteiger partial charge in [-0.25, -0.2) is 9.97 Å². The summed E-state index contributed by atoms with van der Waals surface area (Å²) >= 11 is 0. The Bertz CT molecular complexity index is 2160. The highest BCUT2D eigenvalue weighted by molar-refractivity contribution is 6.09. The van der Waals surface area contributed by atoms with Crippen molar-refractivity contribution in [1.82, 2.24) is 24.5 Å². The van der Waals surface area contributed by atoms with Crippen LogP contribution in [0.2, 0.25) is 0 Å². The molecule has 0 spiro atoms. The quantitative estimate of drug-likeness (QED) is 0.231. The normalized spacial score (nSPS) is 11.6. The van der Waals surface area contributed by atoms with Gasteiger partial charge in [0.25, 0.3) is 0 Å². The third-order valence-corrected chi connectivity index (χ3v) is 7.35. The predicted octanol–water partition coefficient (Wildman–Crippen LogP) is 8.00. The molecule has 8 aromatic rings. The van der Waals surface area contributed by atoms with Crippen LogP contribution >= 0.6 is 0 Å². The van der Waals surface area contributed by atoms with E-state index in [-0.39, 0.29) is 0 Å². The number of hydrogen-bond donors (Lipinski definition) is 0. The van der Waals surface area contributed by atoms with E-state index in [0.717, 1.165) is 71.9 Å². The molecule has 5 heteroatoms. The molecule has 0 N–H and O–H groups in total. The lowest BCUT2D eigenvalue weighted by Gasteiger charge is -2.09. The number of rotatable bonds is 3. The van der Waals surface area contributed by atoms with Gasteiger partial charge in [-0.3, -0.25) is 14.5 Å².